The van der Waals surface area contributed by atoms with Gasteiger partial charge in [-0.15, -0.1) is 0 Å². The first kappa shape index (κ1) is 16.3. The molecule has 24 heavy (non-hydrogen) atoms. The van der Waals surface area contributed by atoms with E-state index in [-0.39, 0.29) is 17.4 Å². The zero-order chi connectivity index (χ0) is 17.1. The number of carbonyl (C=O) groups excluding carboxylic acids is 2. The molecular formula is C18H10Cl2N2O2. The maximum absolute atomic E-state index is 12.5. The normalized spacial score (nSPS) is 10.4. The van der Waals surface area contributed by atoms with Crippen LogP contribution in [0.25, 0.3) is 0 Å². The number of benzene rings is 2. The molecule has 0 saturated heterocycles. The molecule has 0 amide bonds. The minimum atomic E-state index is -0.310. The van der Waals surface area contributed by atoms with Gasteiger partial charge in [-0.2, -0.15) is 0 Å². The fraction of sp³-hybridized carbons (Fsp3) is 0. The van der Waals surface area contributed by atoms with Gasteiger partial charge in [0, 0.05) is 34.1 Å². The molecule has 4 nitrogen and oxygen atoms in total. The monoisotopic (exact) mass is 356 g/mol. The molecule has 3 aromatic rings. The Bertz CT molecular complexity index is 910. The molecule has 0 aliphatic rings. The van der Waals surface area contributed by atoms with Gasteiger partial charge in [-0.05, 0) is 24.3 Å². The maximum Gasteiger partial charge on any atom is 0.230 e. The first-order chi connectivity index (χ1) is 11.6. The third kappa shape index (κ3) is 3.35. The predicted octanol–water partition coefficient (Wildman–Crippen LogP) is 4.25. The van der Waals surface area contributed by atoms with Crippen molar-refractivity contribution in [1.29, 1.82) is 0 Å². The summed E-state index contributed by atoms with van der Waals surface area (Å²) in [6, 6.07) is 12.6. The van der Waals surface area contributed by atoms with E-state index in [2.05, 4.69) is 9.97 Å². The second-order valence-electron chi connectivity index (χ2n) is 4.93. The van der Waals surface area contributed by atoms with Gasteiger partial charge in [-0.25, -0.2) is 9.97 Å². The third-order valence-corrected chi connectivity index (χ3v) is 3.92. The molecule has 0 spiro atoms. The summed E-state index contributed by atoms with van der Waals surface area (Å²) in [5, 5.41) is 0.748. The zero-order valence-electron chi connectivity index (χ0n) is 12.2. The van der Waals surface area contributed by atoms with E-state index in [1.165, 1.54) is 18.5 Å². The molecule has 0 atom stereocenters. The summed E-state index contributed by atoms with van der Waals surface area (Å²) < 4.78 is 0. The molecule has 1 heterocycles. The molecule has 0 aliphatic carbocycles. The lowest BCUT2D eigenvalue weighted by atomic mass is 10.0. The quantitative estimate of drug-likeness (QED) is 0.655. The summed E-state index contributed by atoms with van der Waals surface area (Å²) in [5.74, 6) is -0.470. The van der Waals surface area contributed by atoms with E-state index in [4.69, 9.17) is 23.2 Å². The number of aromatic nitrogens is 2. The van der Waals surface area contributed by atoms with Gasteiger partial charge in [0.2, 0.25) is 11.6 Å². The van der Waals surface area contributed by atoms with Crippen molar-refractivity contribution in [3.8, 4) is 0 Å². The van der Waals surface area contributed by atoms with Crippen LogP contribution in [0.2, 0.25) is 10.0 Å². The maximum atomic E-state index is 12.5. The van der Waals surface area contributed by atoms with Crippen LogP contribution in [-0.2, 0) is 0 Å². The highest BCUT2D eigenvalue weighted by atomic mass is 35.5. The Morgan fingerprint density at radius 1 is 0.792 bits per heavy atom. The van der Waals surface area contributed by atoms with E-state index < -0.39 is 0 Å². The second-order valence-corrected chi connectivity index (χ2v) is 5.78. The van der Waals surface area contributed by atoms with Crippen molar-refractivity contribution in [3.63, 3.8) is 0 Å². The number of hydrogen-bond acceptors (Lipinski definition) is 4. The summed E-state index contributed by atoms with van der Waals surface area (Å²) in [5.41, 5.74) is 1.12. The van der Waals surface area contributed by atoms with Crippen molar-refractivity contribution in [1.82, 2.24) is 9.97 Å². The van der Waals surface area contributed by atoms with Gasteiger partial charge in [0.25, 0.3) is 0 Å². The summed E-state index contributed by atoms with van der Waals surface area (Å²) in [6.07, 6.45) is 3.00. The number of nitrogens with zero attached hydrogens (tertiary/aromatic N) is 2. The highest BCUT2D eigenvalue weighted by Gasteiger charge is 2.16. The third-order valence-electron chi connectivity index (χ3n) is 3.35. The van der Waals surface area contributed by atoms with Crippen LogP contribution in [0, 0.1) is 0 Å². The zero-order valence-corrected chi connectivity index (χ0v) is 13.8. The molecule has 118 valence electrons. The minimum absolute atomic E-state index is 0.106. The van der Waals surface area contributed by atoms with Crippen molar-refractivity contribution in [2.75, 3.05) is 0 Å². The first-order valence-corrected chi connectivity index (χ1v) is 7.73. The fourth-order valence-corrected chi connectivity index (χ4v) is 2.52. The summed E-state index contributed by atoms with van der Waals surface area (Å²) in [6.45, 7) is 0. The Morgan fingerprint density at radius 3 is 2.00 bits per heavy atom. The Hall–Kier alpha value is -2.56. The van der Waals surface area contributed by atoms with Gasteiger partial charge in [0.15, 0.2) is 5.78 Å². The van der Waals surface area contributed by atoms with Crippen LogP contribution in [-0.4, -0.2) is 21.5 Å². The van der Waals surface area contributed by atoms with Crippen molar-refractivity contribution in [2.24, 2.45) is 0 Å². The number of halogens is 2. The van der Waals surface area contributed by atoms with Crippen LogP contribution in [0.5, 0.6) is 0 Å². The molecule has 0 saturated carbocycles. The van der Waals surface area contributed by atoms with Crippen molar-refractivity contribution in [3.05, 3.63) is 93.5 Å². The van der Waals surface area contributed by atoms with E-state index in [9.17, 15) is 9.59 Å². The molecule has 2 aromatic carbocycles. The average molecular weight is 357 g/mol. The lowest BCUT2D eigenvalue weighted by molar-refractivity contribution is 0.102. The SMILES string of the molecule is O=C(c1ccc(C(=O)c2cc(Cl)ccc2Cl)cc1)c1ncccn1. The lowest BCUT2D eigenvalue weighted by Gasteiger charge is -2.05. The predicted molar refractivity (Wildman–Crippen MR) is 91.8 cm³/mol. The molecule has 0 fully saturated rings. The highest BCUT2D eigenvalue weighted by Crippen LogP contribution is 2.23. The summed E-state index contributed by atoms with van der Waals surface area (Å²) in [7, 11) is 0. The van der Waals surface area contributed by atoms with Crippen LogP contribution in [0.3, 0.4) is 0 Å². The van der Waals surface area contributed by atoms with Crippen LogP contribution in [0.1, 0.15) is 32.1 Å². The van der Waals surface area contributed by atoms with Crippen molar-refractivity contribution >= 4 is 34.8 Å². The number of rotatable bonds is 4. The van der Waals surface area contributed by atoms with Gasteiger partial charge in [0.05, 0.1) is 5.02 Å². The number of ketones is 2. The lowest BCUT2D eigenvalue weighted by Crippen LogP contribution is -2.07. The second kappa shape index (κ2) is 6.91. The van der Waals surface area contributed by atoms with Crippen LogP contribution in [0.15, 0.2) is 60.9 Å². The average Bonchev–Trinajstić information content (AvgIpc) is 2.63. The molecule has 0 aliphatic heterocycles. The summed E-state index contributed by atoms with van der Waals surface area (Å²) >= 11 is 12.0. The van der Waals surface area contributed by atoms with Gasteiger partial charge in [-0.3, -0.25) is 9.59 Å². The Balaban J connectivity index is 1.88. The fourth-order valence-electron chi connectivity index (χ4n) is 2.15. The molecule has 3 rings (SSSR count). The van der Waals surface area contributed by atoms with E-state index in [0.717, 1.165) is 0 Å². The van der Waals surface area contributed by atoms with E-state index in [0.29, 0.717) is 26.7 Å². The Morgan fingerprint density at radius 2 is 1.38 bits per heavy atom. The standard InChI is InChI=1S/C18H10Cl2N2O2/c19-13-6-7-15(20)14(10-13)16(23)11-2-4-12(5-3-11)17(24)18-21-8-1-9-22-18/h1-10H. The van der Waals surface area contributed by atoms with Crippen LogP contribution in [0.4, 0.5) is 0 Å². The van der Waals surface area contributed by atoms with Crippen LogP contribution < -0.4 is 0 Å². The van der Waals surface area contributed by atoms with Crippen molar-refractivity contribution in [2.45, 2.75) is 0 Å². The largest absolute Gasteiger partial charge is 0.289 e. The molecule has 1 aromatic heterocycles. The Kier molecular flexibility index (Phi) is 4.69. The topological polar surface area (TPSA) is 59.9 Å². The van der Waals surface area contributed by atoms with E-state index in [1.54, 1.807) is 42.5 Å². The molecule has 6 heteroatoms. The van der Waals surface area contributed by atoms with Crippen LogP contribution >= 0.6 is 23.2 Å². The molecule has 0 bridgehead atoms. The molecule has 0 radical (unpaired) electrons. The summed E-state index contributed by atoms with van der Waals surface area (Å²) in [4.78, 5) is 32.6. The Labute approximate surface area is 148 Å². The first-order valence-electron chi connectivity index (χ1n) is 6.98. The van der Waals surface area contributed by atoms with Crippen molar-refractivity contribution < 1.29 is 9.59 Å². The molecule has 0 N–H and O–H groups in total. The number of hydrogen-bond donors (Lipinski definition) is 0. The smallest absolute Gasteiger partial charge is 0.230 e. The van der Waals surface area contributed by atoms with E-state index in [1.807, 2.05) is 0 Å². The van der Waals surface area contributed by atoms with Gasteiger partial charge in [-0.1, -0.05) is 47.5 Å². The van der Waals surface area contributed by atoms with Gasteiger partial charge in [0.1, 0.15) is 0 Å². The highest BCUT2D eigenvalue weighted by molar-refractivity contribution is 6.36. The molecular weight excluding hydrogens is 347 g/mol. The minimum Gasteiger partial charge on any atom is -0.289 e. The van der Waals surface area contributed by atoms with Gasteiger partial charge < -0.3 is 0 Å². The molecule has 0 unspecified atom stereocenters. The van der Waals surface area contributed by atoms with E-state index >= 15 is 0 Å². The van der Waals surface area contributed by atoms with Gasteiger partial charge >= 0.3 is 0 Å². The number of carbonyl (C=O) groups is 2.